The van der Waals surface area contributed by atoms with Gasteiger partial charge in [-0.3, -0.25) is 4.57 Å². The summed E-state index contributed by atoms with van der Waals surface area (Å²) in [5.41, 5.74) is 6.22. The van der Waals surface area contributed by atoms with Crippen molar-refractivity contribution in [3.63, 3.8) is 0 Å². The summed E-state index contributed by atoms with van der Waals surface area (Å²) in [4.78, 5) is 29.2. The molecule has 0 saturated heterocycles. The number of nitrogens with two attached hydrogens (primary N) is 1. The average Bonchev–Trinajstić information content (AvgIpc) is 2.63. The van der Waals surface area contributed by atoms with Crippen LogP contribution < -0.4 is 11.4 Å². The molecule has 0 unspecified atom stereocenters. The summed E-state index contributed by atoms with van der Waals surface area (Å²) < 4.78 is 1.64. The van der Waals surface area contributed by atoms with E-state index in [1.807, 2.05) is 0 Å². The first-order chi connectivity index (χ1) is 8.54. The number of nitrogens with one attached hydrogen (secondary N) is 1. The first kappa shape index (κ1) is 10.9. The van der Waals surface area contributed by atoms with Crippen LogP contribution >= 0.6 is 0 Å². The van der Waals surface area contributed by atoms with Gasteiger partial charge < -0.3 is 10.7 Å². The van der Waals surface area contributed by atoms with Crippen molar-refractivity contribution in [2.75, 3.05) is 5.73 Å². The Morgan fingerprint density at radius 3 is 3.00 bits per heavy atom. The molecule has 3 N–H and O–H groups in total. The lowest BCUT2D eigenvalue weighted by molar-refractivity contribution is 0.173. The van der Waals surface area contributed by atoms with E-state index in [9.17, 15) is 9.70 Å². The number of hydrogen-bond acceptors (Lipinski definition) is 5. The second kappa shape index (κ2) is 3.41. The summed E-state index contributed by atoms with van der Waals surface area (Å²) in [7, 11) is 0. The molecule has 94 valence electrons. The van der Waals surface area contributed by atoms with Crippen LogP contribution in [-0.2, 0) is 0 Å². The van der Waals surface area contributed by atoms with Crippen LogP contribution in [0.15, 0.2) is 22.2 Å². The molecule has 1 aliphatic carbocycles. The topological polar surface area (TPSA) is 106 Å². The Morgan fingerprint density at radius 1 is 1.61 bits per heavy atom. The van der Waals surface area contributed by atoms with Crippen LogP contribution in [0.5, 0.6) is 0 Å². The van der Waals surface area contributed by atoms with E-state index in [1.54, 1.807) is 23.8 Å². The lowest BCUT2D eigenvalue weighted by Gasteiger charge is -2.39. The summed E-state index contributed by atoms with van der Waals surface area (Å²) >= 11 is 0. The normalized spacial score (nSPS) is 27.1. The molecule has 7 heteroatoms. The molecule has 0 spiro atoms. The van der Waals surface area contributed by atoms with Crippen molar-refractivity contribution in [2.24, 2.45) is 5.18 Å². The Bertz CT molecular complexity index is 680. The number of nitroso groups, excluding NO2 is 1. The van der Waals surface area contributed by atoms with Crippen molar-refractivity contribution in [1.29, 1.82) is 0 Å². The van der Waals surface area contributed by atoms with Crippen LogP contribution in [0.4, 0.5) is 5.82 Å². The summed E-state index contributed by atoms with van der Waals surface area (Å²) in [6, 6.07) is 1.74. The zero-order chi connectivity index (χ0) is 12.9. The summed E-state index contributed by atoms with van der Waals surface area (Å²) in [6.45, 7) is 1.80. The maximum Gasteiger partial charge on any atom is 0.326 e. The van der Waals surface area contributed by atoms with Gasteiger partial charge in [0.25, 0.3) is 0 Å². The molecule has 2 heterocycles. The van der Waals surface area contributed by atoms with Gasteiger partial charge in [0, 0.05) is 12.2 Å². The minimum Gasteiger partial charge on any atom is -0.382 e. The number of fused-ring (bicyclic) bond motifs is 1. The van der Waals surface area contributed by atoms with Crippen LogP contribution in [0.2, 0.25) is 0 Å². The van der Waals surface area contributed by atoms with Gasteiger partial charge in [-0.15, -0.1) is 0 Å². The van der Waals surface area contributed by atoms with Gasteiger partial charge in [-0.1, -0.05) is 5.18 Å². The van der Waals surface area contributed by atoms with Gasteiger partial charge in [-0.2, -0.15) is 4.91 Å². The zero-order valence-corrected chi connectivity index (χ0v) is 9.88. The molecule has 1 aliphatic rings. The fourth-order valence-corrected chi connectivity index (χ4v) is 2.65. The Morgan fingerprint density at radius 2 is 2.33 bits per heavy atom. The maximum absolute atomic E-state index is 11.9. The van der Waals surface area contributed by atoms with Crippen LogP contribution in [0.25, 0.3) is 11.0 Å². The van der Waals surface area contributed by atoms with Crippen molar-refractivity contribution in [2.45, 2.75) is 31.3 Å². The van der Waals surface area contributed by atoms with E-state index in [4.69, 9.17) is 5.73 Å². The maximum atomic E-state index is 11.9. The molecule has 7 nitrogen and oxygen atoms in total. The predicted octanol–water partition coefficient (Wildman–Crippen LogP) is 1.17. The van der Waals surface area contributed by atoms with E-state index >= 15 is 0 Å². The van der Waals surface area contributed by atoms with Crippen LogP contribution in [0.1, 0.15) is 25.8 Å². The molecule has 0 atom stereocenters. The number of H-pyrrole nitrogens is 1. The highest BCUT2D eigenvalue weighted by atomic mass is 16.3. The molecule has 1 fully saturated rings. The summed E-state index contributed by atoms with van der Waals surface area (Å²) in [6.07, 6.45) is 2.72. The monoisotopic (exact) mass is 247 g/mol. The quantitative estimate of drug-likeness (QED) is 0.776. The van der Waals surface area contributed by atoms with Crippen molar-refractivity contribution in [3.05, 3.63) is 27.7 Å². The molecule has 3 rings (SSSR count). The number of rotatable bonds is 2. The average molecular weight is 247 g/mol. The minimum absolute atomic E-state index is 0.00394. The van der Waals surface area contributed by atoms with Crippen LogP contribution in [0, 0.1) is 4.91 Å². The lowest BCUT2D eigenvalue weighted by Crippen LogP contribution is -2.42. The number of aromatic amines is 1. The van der Waals surface area contributed by atoms with E-state index in [-0.39, 0.29) is 11.7 Å². The van der Waals surface area contributed by atoms with Crippen LogP contribution in [-0.4, -0.2) is 20.1 Å². The Balaban J connectivity index is 2.09. The fourth-order valence-electron chi connectivity index (χ4n) is 2.65. The summed E-state index contributed by atoms with van der Waals surface area (Å²) in [5, 5.41) is 3.10. The van der Waals surface area contributed by atoms with E-state index < -0.39 is 5.54 Å². The number of anilines is 1. The SMILES string of the molecule is CC1(N=O)CC(n2c(=O)[nH]c3c(N)nccc32)C1. The van der Waals surface area contributed by atoms with Crippen molar-refractivity contribution in [3.8, 4) is 0 Å². The van der Waals surface area contributed by atoms with Gasteiger partial charge >= 0.3 is 5.69 Å². The first-order valence-corrected chi connectivity index (χ1v) is 5.73. The fraction of sp³-hybridized carbons (Fsp3) is 0.455. The number of nitrogen functional groups attached to an aromatic ring is 1. The third-order valence-corrected chi connectivity index (χ3v) is 3.60. The van der Waals surface area contributed by atoms with Crippen molar-refractivity contribution >= 4 is 16.9 Å². The first-order valence-electron chi connectivity index (χ1n) is 5.73. The molecule has 1 saturated carbocycles. The number of aromatic nitrogens is 3. The molecule has 2 aromatic rings. The van der Waals surface area contributed by atoms with Gasteiger partial charge in [0.05, 0.1) is 5.52 Å². The predicted molar refractivity (Wildman–Crippen MR) is 67.2 cm³/mol. The molecular weight excluding hydrogens is 234 g/mol. The summed E-state index contributed by atoms with van der Waals surface area (Å²) in [5.74, 6) is 0.305. The lowest BCUT2D eigenvalue weighted by atomic mass is 9.74. The van der Waals surface area contributed by atoms with Crippen molar-refractivity contribution in [1.82, 2.24) is 14.5 Å². The molecule has 0 radical (unpaired) electrons. The standard InChI is InChI=1S/C11H13N5O2/c1-11(15-18)4-6(5-11)16-7-2-3-13-9(12)8(7)14-10(16)17/h2-3,6H,4-5H2,1H3,(H2,12,13)(H,14,17). The molecule has 2 aromatic heterocycles. The third-order valence-electron chi connectivity index (χ3n) is 3.60. The van der Waals surface area contributed by atoms with E-state index in [2.05, 4.69) is 15.1 Å². The number of nitrogens with zero attached hydrogens (tertiary/aromatic N) is 3. The highest BCUT2D eigenvalue weighted by Gasteiger charge is 2.44. The Hall–Kier alpha value is -2.18. The molecule has 0 bridgehead atoms. The molecule has 0 aliphatic heterocycles. The van der Waals surface area contributed by atoms with E-state index in [0.717, 1.165) is 5.52 Å². The largest absolute Gasteiger partial charge is 0.382 e. The number of hydrogen-bond donors (Lipinski definition) is 2. The molecule has 18 heavy (non-hydrogen) atoms. The molecule has 0 aromatic carbocycles. The smallest absolute Gasteiger partial charge is 0.326 e. The van der Waals surface area contributed by atoms with E-state index in [0.29, 0.717) is 24.2 Å². The highest BCUT2D eigenvalue weighted by molar-refractivity contribution is 5.84. The van der Waals surface area contributed by atoms with Gasteiger partial charge in [0.2, 0.25) is 0 Å². The number of imidazole rings is 1. The molecular formula is C11H13N5O2. The third kappa shape index (κ3) is 1.36. The van der Waals surface area contributed by atoms with Gasteiger partial charge in [0.15, 0.2) is 0 Å². The van der Waals surface area contributed by atoms with E-state index in [1.165, 1.54) is 0 Å². The van der Waals surface area contributed by atoms with Gasteiger partial charge in [-0.25, -0.2) is 9.78 Å². The van der Waals surface area contributed by atoms with Gasteiger partial charge in [-0.05, 0) is 25.8 Å². The van der Waals surface area contributed by atoms with Gasteiger partial charge in [0.1, 0.15) is 16.9 Å². The van der Waals surface area contributed by atoms with Crippen LogP contribution in [0.3, 0.4) is 0 Å². The Kier molecular flexibility index (Phi) is 2.07. The highest BCUT2D eigenvalue weighted by Crippen LogP contribution is 2.44. The zero-order valence-electron chi connectivity index (χ0n) is 9.88. The second-order valence-corrected chi connectivity index (χ2v) is 5.04. The number of pyridine rings is 1. The Labute approximate surface area is 102 Å². The molecule has 0 amide bonds. The van der Waals surface area contributed by atoms with Crippen molar-refractivity contribution < 1.29 is 0 Å². The minimum atomic E-state index is -0.549. The second-order valence-electron chi connectivity index (χ2n) is 5.04.